The van der Waals surface area contributed by atoms with Crippen LogP contribution in [0.25, 0.3) is 0 Å². The molecule has 0 bridgehead atoms. The van der Waals surface area contributed by atoms with Crippen LogP contribution < -0.4 is 9.64 Å². The number of ether oxygens (including phenoxy) is 2. The van der Waals surface area contributed by atoms with Crippen LogP contribution in [-0.4, -0.2) is 37.9 Å². The first-order valence-electron chi connectivity index (χ1n) is 8.64. The summed E-state index contributed by atoms with van der Waals surface area (Å²) in [5.41, 5.74) is 4.48. The predicted molar refractivity (Wildman–Crippen MR) is 98.4 cm³/mol. The number of aliphatic hydroxyl groups excluding tert-OH is 1. The molecule has 2 aliphatic rings. The van der Waals surface area contributed by atoms with Gasteiger partial charge in [-0.2, -0.15) is 5.26 Å². The average molecular weight is 362 g/mol. The molecule has 0 radical (unpaired) electrons. The third kappa shape index (κ3) is 2.73. The fourth-order valence-electron chi connectivity index (χ4n) is 3.84. The van der Waals surface area contributed by atoms with Crippen molar-refractivity contribution in [2.75, 3.05) is 31.8 Å². The van der Waals surface area contributed by atoms with Crippen molar-refractivity contribution in [3.8, 4) is 11.8 Å². The number of anilines is 1. The van der Waals surface area contributed by atoms with Gasteiger partial charge in [-0.1, -0.05) is 12.1 Å². The van der Waals surface area contributed by atoms with E-state index in [4.69, 9.17) is 9.47 Å². The quantitative estimate of drug-likeness (QED) is 0.841. The topological polar surface area (TPSA) is 82.8 Å². The molecule has 2 aliphatic heterocycles. The minimum Gasteiger partial charge on any atom is -0.497 e. The van der Waals surface area contributed by atoms with Gasteiger partial charge in [0.1, 0.15) is 12.4 Å². The first kappa shape index (κ1) is 17.1. The third-order valence-corrected chi connectivity index (χ3v) is 4.99. The molecule has 0 spiro atoms. The number of hydrogen-bond acceptors (Lipinski definition) is 6. The Morgan fingerprint density at radius 1 is 1.33 bits per heavy atom. The van der Waals surface area contributed by atoms with Gasteiger partial charge in [-0.05, 0) is 41.5 Å². The summed E-state index contributed by atoms with van der Waals surface area (Å²) in [6.45, 7) is 0.485. The second-order valence-electron chi connectivity index (χ2n) is 6.41. The molecule has 4 rings (SSSR count). The fraction of sp³-hybridized carbons (Fsp3) is 0.238. The number of hydrogen-bond donors (Lipinski definition) is 1. The minimum atomic E-state index is -0.367. The molecule has 2 heterocycles. The number of esters is 1. The van der Waals surface area contributed by atoms with Crippen LogP contribution in [0.4, 0.5) is 5.69 Å². The Hall–Kier alpha value is -3.30. The lowest BCUT2D eigenvalue weighted by atomic mass is 9.80. The maximum atomic E-state index is 12.6. The number of nitriles is 1. The van der Waals surface area contributed by atoms with E-state index in [0.29, 0.717) is 23.4 Å². The van der Waals surface area contributed by atoms with E-state index >= 15 is 0 Å². The first-order valence-corrected chi connectivity index (χ1v) is 8.64. The number of rotatable bonds is 4. The normalized spacial score (nSPS) is 17.9. The summed E-state index contributed by atoms with van der Waals surface area (Å²) in [6, 6.07) is 15.1. The van der Waals surface area contributed by atoms with Crippen molar-refractivity contribution < 1.29 is 19.4 Å². The van der Waals surface area contributed by atoms with Crippen LogP contribution in [0, 0.1) is 11.3 Å². The van der Waals surface area contributed by atoms with Crippen LogP contribution in [0.3, 0.4) is 0 Å². The van der Waals surface area contributed by atoms with Crippen molar-refractivity contribution in [3.05, 3.63) is 70.4 Å². The van der Waals surface area contributed by atoms with Gasteiger partial charge >= 0.3 is 5.97 Å². The smallest absolute Gasteiger partial charge is 0.337 e. The van der Waals surface area contributed by atoms with Crippen molar-refractivity contribution in [1.82, 2.24) is 0 Å². The minimum absolute atomic E-state index is 0.0506. The molecule has 0 aliphatic carbocycles. The van der Waals surface area contributed by atoms with Gasteiger partial charge in [0.15, 0.2) is 0 Å². The number of aliphatic hydroxyl groups is 1. The molecule has 6 heteroatoms. The van der Waals surface area contributed by atoms with Crippen LogP contribution in [0.5, 0.6) is 5.75 Å². The van der Waals surface area contributed by atoms with E-state index in [2.05, 4.69) is 6.07 Å². The summed E-state index contributed by atoms with van der Waals surface area (Å²) >= 11 is 0. The number of cyclic esters (lactones) is 1. The summed E-state index contributed by atoms with van der Waals surface area (Å²) in [6.07, 6.45) is 0. The Morgan fingerprint density at radius 3 is 2.93 bits per heavy atom. The molecule has 1 atom stereocenters. The van der Waals surface area contributed by atoms with E-state index in [1.165, 1.54) is 0 Å². The molecular weight excluding hydrogens is 344 g/mol. The van der Waals surface area contributed by atoms with Crippen LogP contribution in [0.1, 0.15) is 22.6 Å². The van der Waals surface area contributed by atoms with Gasteiger partial charge < -0.3 is 19.5 Å². The molecule has 2 aromatic rings. The summed E-state index contributed by atoms with van der Waals surface area (Å²) in [5, 5.41) is 18.8. The average Bonchev–Trinajstić information content (AvgIpc) is 3.09. The van der Waals surface area contributed by atoms with Gasteiger partial charge in [-0.15, -0.1) is 0 Å². The zero-order valence-corrected chi connectivity index (χ0v) is 14.8. The molecule has 136 valence electrons. The largest absolute Gasteiger partial charge is 0.497 e. The highest BCUT2D eigenvalue weighted by Gasteiger charge is 2.41. The van der Waals surface area contributed by atoms with Crippen LogP contribution >= 0.6 is 0 Å². The number of carbonyl (C=O) groups excluding carboxylic acids is 1. The van der Waals surface area contributed by atoms with E-state index in [0.717, 1.165) is 22.5 Å². The van der Waals surface area contributed by atoms with Crippen molar-refractivity contribution in [3.63, 3.8) is 0 Å². The number of β-amino-alcohol motifs (C(OH)–C–C–N with tert-alkyl or cyclic N) is 1. The molecule has 0 saturated carbocycles. The van der Waals surface area contributed by atoms with E-state index < -0.39 is 0 Å². The molecular formula is C21H18N2O4. The Morgan fingerprint density at radius 2 is 2.19 bits per heavy atom. The predicted octanol–water partition coefficient (Wildman–Crippen LogP) is 2.32. The molecule has 0 amide bonds. The number of carbonyl (C=O) groups is 1. The molecule has 27 heavy (non-hydrogen) atoms. The van der Waals surface area contributed by atoms with Crippen molar-refractivity contribution in [2.24, 2.45) is 0 Å². The summed E-state index contributed by atoms with van der Waals surface area (Å²) in [7, 11) is 1.59. The van der Waals surface area contributed by atoms with E-state index in [-0.39, 0.29) is 25.1 Å². The standard InChI is InChI=1S/C21H18N2O4/c1-26-15-5-6-17-16(10-15)19(14-4-2-3-13(9-14)11-22)20-18(12-27-21(20)25)23(17)7-8-24/h2-6,9-10,19,24H,7-8,12H2,1H3. The van der Waals surface area contributed by atoms with Gasteiger partial charge in [0.2, 0.25) is 0 Å². The van der Waals surface area contributed by atoms with E-state index in [9.17, 15) is 15.2 Å². The van der Waals surface area contributed by atoms with Gasteiger partial charge in [-0.25, -0.2) is 4.79 Å². The number of benzene rings is 2. The van der Waals surface area contributed by atoms with Crippen LogP contribution in [0.15, 0.2) is 53.7 Å². The SMILES string of the molecule is COc1ccc2c(c1)C(c1cccc(C#N)c1)C1=C(COC1=O)N2CCO. The molecule has 1 N–H and O–H groups in total. The molecule has 6 nitrogen and oxygen atoms in total. The fourth-order valence-corrected chi connectivity index (χ4v) is 3.84. The second-order valence-corrected chi connectivity index (χ2v) is 6.41. The van der Waals surface area contributed by atoms with Gasteiger partial charge in [-0.3, -0.25) is 0 Å². The molecule has 1 unspecified atom stereocenters. The zero-order chi connectivity index (χ0) is 19.0. The Kier molecular flexibility index (Phi) is 4.30. The van der Waals surface area contributed by atoms with Gasteiger partial charge in [0.05, 0.1) is 36.6 Å². The molecule has 0 fully saturated rings. The lowest BCUT2D eigenvalue weighted by Crippen LogP contribution is -2.33. The Labute approximate surface area is 156 Å². The Bertz CT molecular complexity index is 990. The maximum Gasteiger partial charge on any atom is 0.337 e. The first-order chi connectivity index (χ1) is 13.2. The highest BCUT2D eigenvalue weighted by atomic mass is 16.5. The van der Waals surface area contributed by atoms with Crippen molar-refractivity contribution in [2.45, 2.75) is 5.92 Å². The lowest BCUT2D eigenvalue weighted by molar-refractivity contribution is -0.136. The van der Waals surface area contributed by atoms with Crippen molar-refractivity contribution >= 4 is 11.7 Å². The van der Waals surface area contributed by atoms with Crippen LogP contribution in [-0.2, 0) is 9.53 Å². The lowest BCUT2D eigenvalue weighted by Gasteiger charge is -2.35. The van der Waals surface area contributed by atoms with E-state index in [1.54, 1.807) is 19.2 Å². The van der Waals surface area contributed by atoms with Gasteiger partial charge in [0, 0.05) is 18.2 Å². The number of fused-ring (bicyclic) bond motifs is 1. The number of nitrogens with zero attached hydrogens (tertiary/aromatic N) is 2. The Balaban J connectivity index is 1.98. The van der Waals surface area contributed by atoms with Crippen molar-refractivity contribution in [1.29, 1.82) is 5.26 Å². The number of methoxy groups -OCH3 is 1. The maximum absolute atomic E-state index is 12.6. The summed E-state index contributed by atoms with van der Waals surface area (Å²) in [5.74, 6) is -0.0494. The third-order valence-electron chi connectivity index (χ3n) is 4.99. The van der Waals surface area contributed by atoms with Crippen LogP contribution in [0.2, 0.25) is 0 Å². The zero-order valence-electron chi connectivity index (χ0n) is 14.8. The summed E-state index contributed by atoms with van der Waals surface area (Å²) < 4.78 is 10.7. The van der Waals surface area contributed by atoms with E-state index in [1.807, 2.05) is 35.2 Å². The second kappa shape index (κ2) is 6.78. The molecule has 2 aromatic carbocycles. The van der Waals surface area contributed by atoms with Gasteiger partial charge in [0.25, 0.3) is 0 Å². The molecule has 0 aromatic heterocycles. The highest BCUT2D eigenvalue weighted by Crippen LogP contribution is 2.48. The summed E-state index contributed by atoms with van der Waals surface area (Å²) in [4.78, 5) is 14.5. The monoisotopic (exact) mass is 362 g/mol. The highest BCUT2D eigenvalue weighted by molar-refractivity contribution is 5.97. The molecule has 0 saturated heterocycles.